The van der Waals surface area contributed by atoms with Gasteiger partial charge >= 0.3 is 5.97 Å². The molecule has 0 atom stereocenters. The summed E-state index contributed by atoms with van der Waals surface area (Å²) in [6.07, 6.45) is 7.94. The Morgan fingerprint density at radius 3 is 2.64 bits per heavy atom. The Hall–Kier alpha value is -2.88. The van der Waals surface area contributed by atoms with Crippen molar-refractivity contribution in [2.45, 2.75) is 11.3 Å². The first-order valence-electron chi connectivity index (χ1n) is 7.59. The first kappa shape index (κ1) is 17.0. The molecule has 0 unspecified atom stereocenters. The number of hydrogen-bond donors (Lipinski definition) is 3. The van der Waals surface area contributed by atoms with Crippen molar-refractivity contribution < 1.29 is 9.90 Å². The molecule has 25 heavy (non-hydrogen) atoms. The van der Waals surface area contributed by atoms with E-state index in [1.807, 2.05) is 6.26 Å². The predicted molar refractivity (Wildman–Crippen MR) is 95.4 cm³/mol. The Kier molecular flexibility index (Phi) is 5.29. The average molecular weight is 359 g/mol. The molecule has 0 aromatic carbocycles. The lowest BCUT2D eigenvalue weighted by atomic mass is 10.3. The van der Waals surface area contributed by atoms with Gasteiger partial charge < -0.3 is 15.7 Å². The van der Waals surface area contributed by atoms with E-state index in [0.29, 0.717) is 30.6 Å². The molecule has 0 saturated carbocycles. The number of fused-ring (bicyclic) bond motifs is 1. The Balaban J connectivity index is 1.47. The number of pyridine rings is 1. The molecule has 0 aliphatic rings. The van der Waals surface area contributed by atoms with Gasteiger partial charge in [-0.3, -0.25) is 0 Å². The number of carboxylic acid groups (broad SMARTS) is 1. The second-order valence-corrected chi connectivity index (χ2v) is 5.99. The molecule has 3 aromatic heterocycles. The second-order valence-electron chi connectivity index (χ2n) is 5.11. The van der Waals surface area contributed by atoms with Crippen LogP contribution in [0.15, 0.2) is 35.6 Å². The molecule has 0 aliphatic heterocycles. The highest BCUT2D eigenvalue weighted by Crippen LogP contribution is 2.12. The Labute approximate surface area is 147 Å². The van der Waals surface area contributed by atoms with Gasteiger partial charge in [-0.1, -0.05) is 0 Å². The van der Waals surface area contributed by atoms with E-state index in [2.05, 4.69) is 30.7 Å². The third-order valence-corrected chi connectivity index (χ3v) is 4.05. The van der Waals surface area contributed by atoms with Gasteiger partial charge in [0.25, 0.3) is 0 Å². The van der Waals surface area contributed by atoms with Gasteiger partial charge in [0, 0.05) is 36.6 Å². The number of aromatic carboxylic acids is 1. The number of carboxylic acids is 1. The van der Waals surface area contributed by atoms with Crippen LogP contribution in [0.1, 0.15) is 16.8 Å². The van der Waals surface area contributed by atoms with E-state index in [-0.39, 0.29) is 5.56 Å². The van der Waals surface area contributed by atoms with Crippen LogP contribution in [0.25, 0.3) is 5.65 Å². The third kappa shape index (κ3) is 4.35. The number of anilines is 2. The normalized spacial score (nSPS) is 10.8. The molecule has 0 radical (unpaired) electrons. The minimum Gasteiger partial charge on any atom is -0.478 e. The number of hydrogen-bond acceptors (Lipinski definition) is 8. The van der Waals surface area contributed by atoms with Crippen molar-refractivity contribution in [2.24, 2.45) is 0 Å². The lowest BCUT2D eigenvalue weighted by molar-refractivity contribution is 0.0697. The van der Waals surface area contributed by atoms with Crippen molar-refractivity contribution in [1.29, 1.82) is 0 Å². The van der Waals surface area contributed by atoms with Crippen LogP contribution in [-0.4, -0.2) is 55.0 Å². The van der Waals surface area contributed by atoms with Gasteiger partial charge in [0.2, 0.25) is 11.9 Å². The maximum atomic E-state index is 11.0. The first-order valence-corrected chi connectivity index (χ1v) is 8.81. The highest BCUT2D eigenvalue weighted by Gasteiger charge is 2.07. The molecule has 3 heterocycles. The fourth-order valence-corrected chi connectivity index (χ4v) is 2.41. The van der Waals surface area contributed by atoms with Crippen molar-refractivity contribution in [3.05, 3.63) is 36.3 Å². The summed E-state index contributed by atoms with van der Waals surface area (Å²) in [5.74, 6) is 0.0758. The number of nitrogens with one attached hydrogen (secondary N) is 2. The van der Waals surface area contributed by atoms with Gasteiger partial charge in [0.05, 0.1) is 5.56 Å². The Bertz CT molecular complexity index is 866. The number of nitrogens with zero attached hydrogens (tertiary/aromatic N) is 5. The molecule has 3 aromatic rings. The molecular formula is C15H17N7O2S. The summed E-state index contributed by atoms with van der Waals surface area (Å²) in [4.78, 5) is 24.7. The monoisotopic (exact) mass is 359 g/mol. The zero-order valence-electron chi connectivity index (χ0n) is 13.5. The van der Waals surface area contributed by atoms with Gasteiger partial charge in [0.1, 0.15) is 0 Å². The second kappa shape index (κ2) is 7.79. The van der Waals surface area contributed by atoms with E-state index < -0.39 is 5.97 Å². The number of aromatic nitrogens is 5. The van der Waals surface area contributed by atoms with Crippen molar-refractivity contribution in [3.8, 4) is 0 Å². The van der Waals surface area contributed by atoms with E-state index in [9.17, 15) is 4.79 Å². The zero-order chi connectivity index (χ0) is 17.6. The van der Waals surface area contributed by atoms with Crippen molar-refractivity contribution in [3.63, 3.8) is 0 Å². The number of carbonyl (C=O) groups is 1. The molecular weight excluding hydrogens is 342 g/mol. The van der Waals surface area contributed by atoms with Gasteiger partial charge in [-0.05, 0) is 24.8 Å². The van der Waals surface area contributed by atoms with Crippen LogP contribution < -0.4 is 10.6 Å². The van der Waals surface area contributed by atoms with E-state index in [1.54, 1.807) is 30.4 Å². The van der Waals surface area contributed by atoms with Gasteiger partial charge in [-0.25, -0.2) is 19.3 Å². The molecule has 0 amide bonds. The molecule has 3 rings (SSSR count). The van der Waals surface area contributed by atoms with Crippen LogP contribution in [0.2, 0.25) is 0 Å². The Morgan fingerprint density at radius 1 is 1.24 bits per heavy atom. The maximum absolute atomic E-state index is 11.0. The summed E-state index contributed by atoms with van der Waals surface area (Å²) < 4.78 is 1.54. The van der Waals surface area contributed by atoms with Crippen molar-refractivity contribution in [2.75, 3.05) is 30.0 Å². The summed E-state index contributed by atoms with van der Waals surface area (Å²) in [7, 11) is 0. The molecule has 0 bridgehead atoms. The lowest BCUT2D eigenvalue weighted by Crippen LogP contribution is -2.11. The summed E-state index contributed by atoms with van der Waals surface area (Å²) >= 11 is 1.60. The summed E-state index contributed by atoms with van der Waals surface area (Å²) in [6, 6.07) is 2.97. The van der Waals surface area contributed by atoms with E-state index in [0.717, 1.165) is 11.3 Å². The average Bonchev–Trinajstić information content (AvgIpc) is 3.03. The van der Waals surface area contributed by atoms with E-state index in [1.165, 1.54) is 16.6 Å². The van der Waals surface area contributed by atoms with Crippen LogP contribution in [-0.2, 0) is 0 Å². The predicted octanol–water partition coefficient (Wildman–Crippen LogP) is 1.85. The first-order chi connectivity index (χ1) is 12.2. The summed E-state index contributed by atoms with van der Waals surface area (Å²) in [5, 5.41) is 19.5. The maximum Gasteiger partial charge on any atom is 0.335 e. The minimum absolute atomic E-state index is 0.183. The molecule has 0 fully saturated rings. The van der Waals surface area contributed by atoms with Gasteiger partial charge in [0.15, 0.2) is 5.65 Å². The topological polar surface area (TPSA) is 117 Å². The van der Waals surface area contributed by atoms with E-state index in [4.69, 9.17) is 5.11 Å². The standard InChI is InChI=1S/C15H17N7O2S/c1-25-11-8-18-14(19-9-11)16-4-2-5-17-15-20-12-7-10(13(23)24)3-6-22(12)21-15/h3,6-9H,2,4-5H2,1H3,(H,17,21)(H,23,24)(H,16,18,19). The molecule has 130 valence electrons. The molecule has 3 N–H and O–H groups in total. The molecule has 0 spiro atoms. The SMILES string of the molecule is CSc1cnc(NCCCNc2nc3cc(C(=O)O)ccn3n2)nc1. The Morgan fingerprint density at radius 2 is 1.96 bits per heavy atom. The van der Waals surface area contributed by atoms with Crippen LogP contribution in [0.3, 0.4) is 0 Å². The van der Waals surface area contributed by atoms with Crippen LogP contribution in [0.5, 0.6) is 0 Å². The van der Waals surface area contributed by atoms with Gasteiger partial charge in [-0.15, -0.1) is 16.9 Å². The molecule has 0 aliphatic carbocycles. The molecule has 9 nitrogen and oxygen atoms in total. The number of rotatable bonds is 8. The van der Waals surface area contributed by atoms with Crippen molar-refractivity contribution >= 4 is 35.3 Å². The van der Waals surface area contributed by atoms with Crippen molar-refractivity contribution in [1.82, 2.24) is 24.6 Å². The summed E-state index contributed by atoms with van der Waals surface area (Å²) in [6.45, 7) is 1.38. The summed E-state index contributed by atoms with van der Waals surface area (Å²) in [5.41, 5.74) is 0.672. The molecule has 0 saturated heterocycles. The van der Waals surface area contributed by atoms with Crippen LogP contribution in [0, 0.1) is 0 Å². The quantitative estimate of drug-likeness (QED) is 0.409. The van der Waals surface area contributed by atoms with Crippen LogP contribution in [0.4, 0.5) is 11.9 Å². The third-order valence-electron chi connectivity index (χ3n) is 3.37. The lowest BCUT2D eigenvalue weighted by Gasteiger charge is -2.05. The minimum atomic E-state index is -0.987. The number of thioether (sulfide) groups is 1. The highest BCUT2D eigenvalue weighted by atomic mass is 32.2. The van der Waals surface area contributed by atoms with Crippen LogP contribution >= 0.6 is 11.8 Å². The molecule has 10 heteroatoms. The highest BCUT2D eigenvalue weighted by molar-refractivity contribution is 7.98. The largest absolute Gasteiger partial charge is 0.478 e. The fourth-order valence-electron chi connectivity index (χ4n) is 2.09. The fraction of sp³-hybridized carbons (Fsp3) is 0.267. The van der Waals surface area contributed by atoms with Gasteiger partial charge in [-0.2, -0.15) is 4.98 Å². The van der Waals surface area contributed by atoms with E-state index >= 15 is 0 Å². The smallest absolute Gasteiger partial charge is 0.335 e. The zero-order valence-corrected chi connectivity index (χ0v) is 14.3.